The van der Waals surface area contributed by atoms with Gasteiger partial charge >= 0.3 is 0 Å². The molecule has 0 aliphatic carbocycles. The molecular formula is C27H34N4O4. The summed E-state index contributed by atoms with van der Waals surface area (Å²) in [5.41, 5.74) is 3.16. The lowest BCUT2D eigenvalue weighted by atomic mass is 9.95. The quantitative estimate of drug-likeness (QED) is 0.440. The number of rotatable bonds is 9. The third-order valence-electron chi connectivity index (χ3n) is 6.41. The number of piperidine rings is 1. The number of benzene rings is 2. The van der Waals surface area contributed by atoms with E-state index in [9.17, 15) is 4.79 Å². The van der Waals surface area contributed by atoms with Crippen LogP contribution in [0.5, 0.6) is 11.5 Å². The number of methoxy groups -OCH3 is 2. The van der Waals surface area contributed by atoms with E-state index in [0.717, 1.165) is 37.9 Å². The number of amides is 1. The van der Waals surface area contributed by atoms with E-state index < -0.39 is 0 Å². The minimum absolute atomic E-state index is 0.0511. The molecule has 1 saturated heterocycles. The summed E-state index contributed by atoms with van der Waals surface area (Å²) in [4.78, 5) is 22.3. The molecule has 0 radical (unpaired) electrons. The lowest BCUT2D eigenvalue weighted by Gasteiger charge is -2.36. The van der Waals surface area contributed by atoms with Crippen molar-refractivity contribution in [3.8, 4) is 22.9 Å². The van der Waals surface area contributed by atoms with E-state index in [2.05, 4.69) is 53.2 Å². The van der Waals surface area contributed by atoms with Gasteiger partial charge in [-0.05, 0) is 56.5 Å². The summed E-state index contributed by atoms with van der Waals surface area (Å²) in [7, 11) is 3.18. The van der Waals surface area contributed by atoms with Crippen LogP contribution in [0.4, 0.5) is 5.69 Å². The molecule has 8 nitrogen and oxygen atoms in total. The maximum Gasteiger partial charge on any atom is 0.246 e. The highest BCUT2D eigenvalue weighted by molar-refractivity contribution is 5.79. The van der Waals surface area contributed by atoms with Gasteiger partial charge in [-0.2, -0.15) is 4.98 Å². The second-order valence-corrected chi connectivity index (χ2v) is 8.96. The largest absolute Gasteiger partial charge is 0.493 e. The van der Waals surface area contributed by atoms with E-state index in [1.165, 1.54) is 11.3 Å². The normalized spacial score (nSPS) is 15.7. The van der Waals surface area contributed by atoms with Gasteiger partial charge in [-0.3, -0.25) is 4.79 Å². The van der Waals surface area contributed by atoms with Crippen LogP contribution in [0, 0.1) is 12.8 Å². The van der Waals surface area contributed by atoms with Crippen LogP contribution >= 0.6 is 0 Å². The van der Waals surface area contributed by atoms with Crippen molar-refractivity contribution in [3.63, 3.8) is 0 Å². The molecular weight excluding hydrogens is 444 g/mol. The number of carbonyl (C=O) groups is 1. The highest BCUT2D eigenvalue weighted by Crippen LogP contribution is 2.31. The predicted octanol–water partition coefficient (Wildman–Crippen LogP) is 4.72. The molecule has 8 heteroatoms. The maximum absolute atomic E-state index is 13.5. The third-order valence-corrected chi connectivity index (χ3v) is 6.41. The highest BCUT2D eigenvalue weighted by Gasteiger charge is 2.30. The lowest BCUT2D eigenvalue weighted by molar-refractivity contribution is -0.136. The van der Waals surface area contributed by atoms with Gasteiger partial charge in [-0.25, -0.2) is 0 Å². The number of aromatic nitrogens is 2. The molecule has 1 aliphatic rings. The van der Waals surface area contributed by atoms with Gasteiger partial charge in [0.1, 0.15) is 0 Å². The van der Waals surface area contributed by atoms with Crippen LogP contribution in [0.2, 0.25) is 0 Å². The minimum atomic E-state index is -0.0511. The van der Waals surface area contributed by atoms with Crippen molar-refractivity contribution in [1.82, 2.24) is 15.0 Å². The SMILES string of the molecule is CCCN(Cc1nc(-c2ccc(OC)c(OC)c2)no1)C(=O)C1CCCN(c2ccc(C)cc2)C1. The summed E-state index contributed by atoms with van der Waals surface area (Å²) < 4.78 is 16.2. The van der Waals surface area contributed by atoms with E-state index in [-0.39, 0.29) is 11.8 Å². The molecule has 2 aromatic carbocycles. The summed E-state index contributed by atoms with van der Waals surface area (Å²) in [6, 6.07) is 14.0. The van der Waals surface area contributed by atoms with Gasteiger partial charge in [-0.1, -0.05) is 29.8 Å². The van der Waals surface area contributed by atoms with Crippen molar-refractivity contribution in [2.24, 2.45) is 5.92 Å². The van der Waals surface area contributed by atoms with Gasteiger partial charge in [-0.15, -0.1) is 0 Å². The van der Waals surface area contributed by atoms with Crippen LogP contribution < -0.4 is 14.4 Å². The summed E-state index contributed by atoms with van der Waals surface area (Å²) in [6.45, 7) is 6.80. The molecule has 4 rings (SSSR count). The predicted molar refractivity (Wildman–Crippen MR) is 135 cm³/mol. The van der Waals surface area contributed by atoms with Crippen molar-refractivity contribution in [2.45, 2.75) is 39.7 Å². The van der Waals surface area contributed by atoms with Gasteiger partial charge in [0.05, 0.1) is 26.7 Å². The van der Waals surface area contributed by atoms with E-state index in [4.69, 9.17) is 14.0 Å². The number of aryl methyl sites for hydroxylation is 1. The summed E-state index contributed by atoms with van der Waals surface area (Å²) in [6.07, 6.45) is 2.74. The number of hydrogen-bond acceptors (Lipinski definition) is 7. The van der Waals surface area contributed by atoms with Gasteiger partial charge in [0.25, 0.3) is 0 Å². The average molecular weight is 479 g/mol. The fourth-order valence-electron chi connectivity index (χ4n) is 4.54. The number of ether oxygens (including phenoxy) is 2. The Kier molecular flexibility index (Phi) is 7.90. The first-order valence-electron chi connectivity index (χ1n) is 12.2. The monoisotopic (exact) mass is 478 g/mol. The zero-order valence-electron chi connectivity index (χ0n) is 21.0. The summed E-state index contributed by atoms with van der Waals surface area (Å²) in [5, 5.41) is 4.13. The Morgan fingerprint density at radius 1 is 1.14 bits per heavy atom. The third kappa shape index (κ3) is 5.75. The van der Waals surface area contributed by atoms with Crippen molar-refractivity contribution < 1.29 is 18.8 Å². The zero-order chi connectivity index (χ0) is 24.8. The van der Waals surface area contributed by atoms with Crippen LogP contribution in [0.15, 0.2) is 47.0 Å². The van der Waals surface area contributed by atoms with Gasteiger partial charge in [0.2, 0.25) is 17.6 Å². The molecule has 1 atom stereocenters. The molecule has 186 valence electrons. The van der Waals surface area contributed by atoms with Gasteiger partial charge < -0.3 is 23.8 Å². The van der Waals surface area contributed by atoms with Crippen molar-refractivity contribution in [1.29, 1.82) is 0 Å². The Bertz CT molecular complexity index is 1130. The second kappa shape index (κ2) is 11.3. The van der Waals surface area contributed by atoms with E-state index in [1.807, 2.05) is 17.0 Å². The molecule has 0 saturated carbocycles. The van der Waals surface area contributed by atoms with E-state index in [1.54, 1.807) is 20.3 Å². The molecule has 0 spiro atoms. The molecule has 0 N–H and O–H groups in total. The topological polar surface area (TPSA) is 80.9 Å². The van der Waals surface area contributed by atoms with Crippen LogP contribution in [-0.4, -0.2) is 54.8 Å². The molecule has 1 aromatic heterocycles. The Balaban J connectivity index is 1.46. The number of hydrogen-bond donors (Lipinski definition) is 0. The average Bonchev–Trinajstić information content (AvgIpc) is 3.36. The Morgan fingerprint density at radius 2 is 1.91 bits per heavy atom. The molecule has 0 bridgehead atoms. The number of nitrogens with zero attached hydrogens (tertiary/aromatic N) is 4. The van der Waals surface area contributed by atoms with Crippen LogP contribution in [0.1, 0.15) is 37.6 Å². The lowest BCUT2D eigenvalue weighted by Crippen LogP contribution is -2.45. The van der Waals surface area contributed by atoms with Crippen molar-refractivity contribution in [2.75, 3.05) is 38.8 Å². The second-order valence-electron chi connectivity index (χ2n) is 8.96. The van der Waals surface area contributed by atoms with Crippen LogP contribution in [0.3, 0.4) is 0 Å². The summed E-state index contributed by atoms with van der Waals surface area (Å²) in [5.74, 6) is 2.19. The number of carbonyl (C=O) groups excluding carboxylic acids is 1. The molecule has 1 unspecified atom stereocenters. The van der Waals surface area contributed by atoms with Gasteiger partial charge in [0, 0.05) is 30.9 Å². The van der Waals surface area contributed by atoms with Crippen LogP contribution in [0.25, 0.3) is 11.4 Å². The fraction of sp³-hybridized carbons (Fsp3) is 0.444. The van der Waals surface area contributed by atoms with E-state index in [0.29, 0.717) is 36.3 Å². The Labute approximate surface area is 206 Å². The summed E-state index contributed by atoms with van der Waals surface area (Å²) >= 11 is 0. The molecule has 35 heavy (non-hydrogen) atoms. The first kappa shape index (κ1) is 24.6. The molecule has 2 heterocycles. The smallest absolute Gasteiger partial charge is 0.246 e. The zero-order valence-corrected chi connectivity index (χ0v) is 21.0. The molecule has 1 aliphatic heterocycles. The van der Waals surface area contributed by atoms with Crippen LogP contribution in [-0.2, 0) is 11.3 Å². The maximum atomic E-state index is 13.5. The highest BCUT2D eigenvalue weighted by atomic mass is 16.5. The van der Waals surface area contributed by atoms with Crippen molar-refractivity contribution in [3.05, 3.63) is 53.9 Å². The molecule has 3 aromatic rings. The van der Waals surface area contributed by atoms with E-state index >= 15 is 0 Å². The molecule has 1 fully saturated rings. The molecule has 1 amide bonds. The standard InChI is InChI=1S/C27H34N4O4/c1-5-14-31(27(32)21-7-6-15-30(17-21)22-11-8-19(2)9-12-22)18-25-28-26(29-35-25)20-10-13-23(33-3)24(16-20)34-4/h8-13,16,21H,5-7,14-15,17-18H2,1-4H3. The minimum Gasteiger partial charge on any atom is -0.493 e. The van der Waals surface area contributed by atoms with Gasteiger partial charge in [0.15, 0.2) is 11.5 Å². The fourth-order valence-corrected chi connectivity index (χ4v) is 4.54. The Hall–Kier alpha value is -3.55. The Morgan fingerprint density at radius 3 is 2.63 bits per heavy atom. The first-order valence-corrected chi connectivity index (χ1v) is 12.2. The first-order chi connectivity index (χ1) is 17.0. The van der Waals surface area contributed by atoms with Crippen molar-refractivity contribution >= 4 is 11.6 Å². The number of anilines is 1.